The van der Waals surface area contributed by atoms with Crippen molar-refractivity contribution in [2.24, 2.45) is 0 Å². The summed E-state index contributed by atoms with van der Waals surface area (Å²) < 4.78 is 1.55. The third kappa shape index (κ3) is 2.26. The molecule has 1 aromatic carbocycles. The highest BCUT2D eigenvalue weighted by atomic mass is 16.3. The van der Waals surface area contributed by atoms with Crippen molar-refractivity contribution in [3.05, 3.63) is 36.0 Å². The quantitative estimate of drug-likeness (QED) is 0.796. The van der Waals surface area contributed by atoms with Crippen molar-refractivity contribution in [1.82, 2.24) is 9.78 Å². The van der Waals surface area contributed by atoms with Crippen LogP contribution < -0.4 is 5.73 Å². The summed E-state index contributed by atoms with van der Waals surface area (Å²) in [4.78, 5) is 11.2. The number of aliphatic hydroxyl groups excluding tert-OH is 1. The average molecular weight is 245 g/mol. The van der Waals surface area contributed by atoms with Gasteiger partial charge in [0.25, 0.3) is 0 Å². The van der Waals surface area contributed by atoms with E-state index < -0.39 is 0 Å². The van der Waals surface area contributed by atoms with E-state index in [-0.39, 0.29) is 12.4 Å². The van der Waals surface area contributed by atoms with Crippen molar-refractivity contribution in [2.45, 2.75) is 13.5 Å². The van der Waals surface area contributed by atoms with Crippen molar-refractivity contribution in [3.8, 4) is 11.1 Å². The molecule has 0 fully saturated rings. The van der Waals surface area contributed by atoms with Crippen LogP contribution in [0.1, 0.15) is 17.3 Å². The van der Waals surface area contributed by atoms with E-state index in [1.165, 1.54) is 6.92 Å². The highest BCUT2D eigenvalue weighted by molar-refractivity contribution is 5.94. The number of Topliss-reactive ketones (excluding diaryl/α,β-unsaturated/α-hetero) is 1. The molecule has 5 nitrogen and oxygen atoms in total. The van der Waals surface area contributed by atoms with Gasteiger partial charge in [-0.25, -0.2) is 4.68 Å². The van der Waals surface area contributed by atoms with E-state index in [1.54, 1.807) is 23.0 Å². The van der Waals surface area contributed by atoms with E-state index in [2.05, 4.69) is 5.10 Å². The number of rotatable bonds is 4. The minimum absolute atomic E-state index is 0.00536. The fourth-order valence-corrected chi connectivity index (χ4v) is 1.77. The van der Waals surface area contributed by atoms with Crippen molar-refractivity contribution in [3.63, 3.8) is 0 Å². The number of aromatic nitrogens is 2. The van der Waals surface area contributed by atoms with Crippen molar-refractivity contribution in [2.75, 3.05) is 12.3 Å². The van der Waals surface area contributed by atoms with Gasteiger partial charge in [0.2, 0.25) is 0 Å². The summed E-state index contributed by atoms with van der Waals surface area (Å²) >= 11 is 0. The fraction of sp³-hybridized carbons (Fsp3) is 0.231. The maximum absolute atomic E-state index is 11.2. The van der Waals surface area contributed by atoms with Crippen LogP contribution in [0.4, 0.5) is 5.82 Å². The first-order chi connectivity index (χ1) is 8.63. The number of nitrogens with two attached hydrogens (primary N) is 1. The molecule has 0 radical (unpaired) electrons. The highest BCUT2D eigenvalue weighted by Crippen LogP contribution is 2.25. The molecule has 0 saturated carbocycles. The summed E-state index contributed by atoms with van der Waals surface area (Å²) in [6.07, 6.45) is 1.66. The molecule has 1 heterocycles. The first-order valence-electron chi connectivity index (χ1n) is 5.67. The standard InChI is InChI=1S/C13H15N3O2/c1-9(18)10-2-4-11(5-3-10)12-8-15-16(6-7-17)13(12)14/h2-5,8,17H,6-7,14H2,1H3. The largest absolute Gasteiger partial charge is 0.394 e. The number of anilines is 1. The predicted molar refractivity (Wildman–Crippen MR) is 69.2 cm³/mol. The molecular formula is C13H15N3O2. The highest BCUT2D eigenvalue weighted by Gasteiger charge is 2.09. The normalized spacial score (nSPS) is 10.6. The minimum atomic E-state index is -0.00536. The molecule has 3 N–H and O–H groups in total. The van der Waals surface area contributed by atoms with Crippen LogP contribution in [0.15, 0.2) is 30.5 Å². The summed E-state index contributed by atoms with van der Waals surface area (Å²) in [5.74, 6) is 0.546. The van der Waals surface area contributed by atoms with E-state index in [0.29, 0.717) is 17.9 Å². The lowest BCUT2D eigenvalue weighted by Crippen LogP contribution is -2.07. The van der Waals surface area contributed by atoms with E-state index in [1.807, 2.05) is 12.1 Å². The number of nitrogens with zero attached hydrogens (tertiary/aromatic N) is 2. The van der Waals surface area contributed by atoms with Gasteiger partial charge in [0.05, 0.1) is 19.3 Å². The number of carbonyl (C=O) groups excluding carboxylic acids is 1. The van der Waals surface area contributed by atoms with Crippen LogP contribution in [0.3, 0.4) is 0 Å². The van der Waals surface area contributed by atoms with Gasteiger partial charge in [-0.15, -0.1) is 0 Å². The van der Waals surface area contributed by atoms with Gasteiger partial charge in [0, 0.05) is 11.1 Å². The second-order valence-electron chi connectivity index (χ2n) is 4.02. The molecule has 0 saturated heterocycles. The van der Waals surface area contributed by atoms with Crippen LogP contribution in [0.25, 0.3) is 11.1 Å². The van der Waals surface area contributed by atoms with Gasteiger partial charge < -0.3 is 10.8 Å². The Kier molecular flexibility index (Phi) is 3.43. The third-order valence-electron chi connectivity index (χ3n) is 2.79. The molecule has 5 heteroatoms. The number of hydrogen-bond donors (Lipinski definition) is 2. The van der Waals surface area contributed by atoms with Gasteiger partial charge in [-0.3, -0.25) is 4.79 Å². The lowest BCUT2D eigenvalue weighted by atomic mass is 10.0. The average Bonchev–Trinajstić information content (AvgIpc) is 2.72. The molecule has 0 aliphatic rings. The zero-order valence-corrected chi connectivity index (χ0v) is 10.1. The zero-order chi connectivity index (χ0) is 13.1. The first-order valence-corrected chi connectivity index (χ1v) is 5.67. The van der Waals surface area contributed by atoms with E-state index in [9.17, 15) is 4.79 Å². The van der Waals surface area contributed by atoms with Gasteiger partial charge in [-0.1, -0.05) is 24.3 Å². The van der Waals surface area contributed by atoms with Crippen LogP contribution in [-0.4, -0.2) is 27.3 Å². The summed E-state index contributed by atoms with van der Waals surface area (Å²) in [7, 11) is 0. The molecule has 0 spiro atoms. The lowest BCUT2D eigenvalue weighted by Gasteiger charge is -2.04. The van der Waals surface area contributed by atoms with Crippen molar-refractivity contribution < 1.29 is 9.90 Å². The maximum Gasteiger partial charge on any atom is 0.159 e. The Labute approximate surface area is 105 Å². The summed E-state index contributed by atoms with van der Waals surface area (Å²) in [5.41, 5.74) is 8.32. The topological polar surface area (TPSA) is 81.1 Å². The Bertz CT molecular complexity index is 558. The molecule has 0 aliphatic heterocycles. The Morgan fingerprint density at radius 3 is 2.61 bits per heavy atom. The molecule has 1 aromatic heterocycles. The number of aliphatic hydroxyl groups is 1. The van der Waals surface area contributed by atoms with E-state index in [4.69, 9.17) is 10.8 Å². The van der Waals surface area contributed by atoms with E-state index in [0.717, 1.165) is 11.1 Å². The van der Waals surface area contributed by atoms with Crippen molar-refractivity contribution in [1.29, 1.82) is 0 Å². The molecule has 2 rings (SSSR count). The van der Waals surface area contributed by atoms with Crippen LogP contribution in [-0.2, 0) is 6.54 Å². The number of ketones is 1. The third-order valence-corrected chi connectivity index (χ3v) is 2.79. The summed E-state index contributed by atoms with van der Waals surface area (Å²) in [6, 6.07) is 7.21. The SMILES string of the molecule is CC(=O)c1ccc(-c2cnn(CCO)c2N)cc1. The fourth-order valence-electron chi connectivity index (χ4n) is 1.77. The van der Waals surface area contributed by atoms with E-state index >= 15 is 0 Å². The molecule has 0 amide bonds. The molecule has 18 heavy (non-hydrogen) atoms. The smallest absolute Gasteiger partial charge is 0.159 e. The second kappa shape index (κ2) is 5.01. The molecule has 94 valence electrons. The number of carbonyl (C=O) groups is 1. The van der Waals surface area contributed by atoms with Crippen LogP contribution in [0, 0.1) is 0 Å². The van der Waals surface area contributed by atoms with Crippen molar-refractivity contribution >= 4 is 11.6 Å². The summed E-state index contributed by atoms with van der Waals surface area (Å²) in [5, 5.41) is 13.0. The molecule has 2 aromatic rings. The number of benzene rings is 1. The molecule has 0 atom stereocenters. The van der Waals surface area contributed by atoms with Gasteiger partial charge >= 0.3 is 0 Å². The second-order valence-corrected chi connectivity index (χ2v) is 4.02. The Morgan fingerprint density at radius 1 is 1.39 bits per heavy atom. The Hall–Kier alpha value is -2.14. The Balaban J connectivity index is 2.34. The van der Waals surface area contributed by atoms with Crippen LogP contribution >= 0.6 is 0 Å². The molecule has 0 bridgehead atoms. The van der Waals surface area contributed by atoms with Crippen LogP contribution in [0.2, 0.25) is 0 Å². The molecule has 0 aliphatic carbocycles. The monoisotopic (exact) mass is 245 g/mol. The van der Waals surface area contributed by atoms with Gasteiger partial charge in [-0.05, 0) is 12.5 Å². The molecule has 0 unspecified atom stereocenters. The van der Waals surface area contributed by atoms with Gasteiger partial charge in [-0.2, -0.15) is 5.10 Å². The number of nitrogen functional groups attached to an aromatic ring is 1. The van der Waals surface area contributed by atoms with Gasteiger partial charge in [0.15, 0.2) is 5.78 Å². The zero-order valence-electron chi connectivity index (χ0n) is 10.1. The van der Waals surface area contributed by atoms with Gasteiger partial charge in [0.1, 0.15) is 5.82 Å². The minimum Gasteiger partial charge on any atom is -0.394 e. The predicted octanol–water partition coefficient (Wildman–Crippen LogP) is 1.33. The maximum atomic E-state index is 11.2. The van der Waals surface area contributed by atoms with Crippen LogP contribution in [0.5, 0.6) is 0 Å². The number of hydrogen-bond acceptors (Lipinski definition) is 4. The first kappa shape index (κ1) is 12.3. The lowest BCUT2D eigenvalue weighted by molar-refractivity contribution is 0.101. The Morgan fingerprint density at radius 2 is 2.06 bits per heavy atom. The summed E-state index contributed by atoms with van der Waals surface area (Å²) in [6.45, 7) is 1.90. The molecular weight excluding hydrogens is 230 g/mol.